The second-order valence-electron chi connectivity index (χ2n) is 7.08. The van der Waals surface area contributed by atoms with E-state index in [0.717, 1.165) is 5.56 Å². The summed E-state index contributed by atoms with van der Waals surface area (Å²) in [4.78, 5) is 48.5. The van der Waals surface area contributed by atoms with Crippen molar-refractivity contribution in [3.8, 4) is 0 Å². The van der Waals surface area contributed by atoms with Crippen LogP contribution in [0.2, 0.25) is 0 Å². The SMILES string of the molecule is O=C(Cc1cnccn1)NC1CCN(C(=O)CN2Cc3ccccc3C2=O)C1. The van der Waals surface area contributed by atoms with E-state index in [2.05, 4.69) is 15.3 Å². The van der Waals surface area contributed by atoms with E-state index < -0.39 is 0 Å². The van der Waals surface area contributed by atoms with Gasteiger partial charge in [-0.3, -0.25) is 24.4 Å². The quantitative estimate of drug-likeness (QED) is 0.811. The van der Waals surface area contributed by atoms with Gasteiger partial charge in [-0.1, -0.05) is 18.2 Å². The topological polar surface area (TPSA) is 95.5 Å². The zero-order valence-corrected chi connectivity index (χ0v) is 15.4. The zero-order chi connectivity index (χ0) is 19.5. The normalized spacial score (nSPS) is 18.3. The number of aromatic nitrogens is 2. The van der Waals surface area contributed by atoms with Gasteiger partial charge in [0.05, 0.1) is 12.1 Å². The van der Waals surface area contributed by atoms with Gasteiger partial charge in [0.15, 0.2) is 0 Å². The van der Waals surface area contributed by atoms with Crippen LogP contribution in [0, 0.1) is 0 Å². The molecule has 1 fully saturated rings. The molecule has 8 heteroatoms. The fourth-order valence-electron chi connectivity index (χ4n) is 3.67. The van der Waals surface area contributed by atoms with Gasteiger partial charge in [-0.25, -0.2) is 0 Å². The molecule has 0 saturated carbocycles. The molecule has 3 heterocycles. The van der Waals surface area contributed by atoms with Crippen molar-refractivity contribution in [2.24, 2.45) is 0 Å². The van der Waals surface area contributed by atoms with Gasteiger partial charge in [0.2, 0.25) is 11.8 Å². The first-order chi connectivity index (χ1) is 13.6. The Balaban J connectivity index is 1.27. The molecule has 2 aliphatic rings. The van der Waals surface area contributed by atoms with Crippen LogP contribution in [0.4, 0.5) is 0 Å². The minimum Gasteiger partial charge on any atom is -0.351 e. The van der Waals surface area contributed by atoms with Crippen LogP contribution in [0.1, 0.15) is 28.0 Å². The first kappa shape index (κ1) is 18.1. The molecule has 0 aliphatic carbocycles. The van der Waals surface area contributed by atoms with Gasteiger partial charge in [-0.2, -0.15) is 0 Å². The number of benzene rings is 1. The van der Waals surface area contributed by atoms with Crippen molar-refractivity contribution in [1.29, 1.82) is 0 Å². The molecule has 1 N–H and O–H groups in total. The van der Waals surface area contributed by atoms with Crippen LogP contribution in [0.5, 0.6) is 0 Å². The van der Waals surface area contributed by atoms with Crippen molar-refractivity contribution in [3.05, 3.63) is 59.7 Å². The number of carbonyl (C=O) groups excluding carboxylic acids is 3. The number of hydrogen-bond acceptors (Lipinski definition) is 5. The summed E-state index contributed by atoms with van der Waals surface area (Å²) in [6.07, 6.45) is 5.54. The first-order valence-electron chi connectivity index (χ1n) is 9.29. The molecule has 144 valence electrons. The van der Waals surface area contributed by atoms with Gasteiger partial charge in [0.1, 0.15) is 6.54 Å². The Labute approximate surface area is 162 Å². The lowest BCUT2D eigenvalue weighted by atomic mass is 10.1. The molecule has 1 aromatic carbocycles. The third kappa shape index (κ3) is 3.85. The van der Waals surface area contributed by atoms with E-state index in [9.17, 15) is 14.4 Å². The van der Waals surface area contributed by atoms with Crippen LogP contribution in [0.3, 0.4) is 0 Å². The molecule has 0 radical (unpaired) electrons. The molecule has 0 spiro atoms. The largest absolute Gasteiger partial charge is 0.351 e. The van der Waals surface area contributed by atoms with Crippen molar-refractivity contribution in [2.75, 3.05) is 19.6 Å². The molecule has 4 rings (SSSR count). The number of carbonyl (C=O) groups is 3. The van der Waals surface area contributed by atoms with Crippen molar-refractivity contribution in [1.82, 2.24) is 25.1 Å². The summed E-state index contributed by atoms with van der Waals surface area (Å²) >= 11 is 0. The number of likely N-dealkylation sites (tertiary alicyclic amines) is 1. The maximum Gasteiger partial charge on any atom is 0.254 e. The van der Waals surface area contributed by atoms with E-state index in [1.165, 1.54) is 0 Å². The Morgan fingerprint density at radius 3 is 2.86 bits per heavy atom. The van der Waals surface area contributed by atoms with E-state index in [1.54, 1.807) is 34.5 Å². The average Bonchev–Trinajstić information content (AvgIpc) is 3.28. The number of fused-ring (bicyclic) bond motifs is 1. The number of amides is 3. The second-order valence-corrected chi connectivity index (χ2v) is 7.08. The highest BCUT2D eigenvalue weighted by Gasteiger charge is 2.32. The standard InChI is InChI=1S/C20H21N5O3/c26-18(9-16-10-21-6-7-22-16)23-15-5-8-24(12-15)19(27)13-25-11-14-3-1-2-4-17(14)20(25)28/h1-4,6-7,10,15H,5,8-9,11-13H2,(H,23,26). The van der Waals surface area contributed by atoms with Crippen molar-refractivity contribution >= 4 is 17.7 Å². The first-order valence-corrected chi connectivity index (χ1v) is 9.29. The molecule has 2 aliphatic heterocycles. The van der Waals surface area contributed by atoms with Gasteiger partial charge in [0, 0.05) is 49.8 Å². The van der Waals surface area contributed by atoms with Crippen LogP contribution in [-0.4, -0.2) is 63.2 Å². The molecule has 28 heavy (non-hydrogen) atoms. The fraction of sp³-hybridized carbons (Fsp3) is 0.350. The predicted molar refractivity (Wildman–Crippen MR) is 100 cm³/mol. The maximum absolute atomic E-state index is 12.6. The van der Waals surface area contributed by atoms with E-state index >= 15 is 0 Å². The average molecular weight is 379 g/mol. The summed E-state index contributed by atoms with van der Waals surface area (Å²) in [6, 6.07) is 7.35. The second kappa shape index (κ2) is 7.75. The fourth-order valence-corrected chi connectivity index (χ4v) is 3.67. The number of nitrogens with one attached hydrogen (secondary N) is 1. The van der Waals surface area contributed by atoms with E-state index in [1.807, 2.05) is 18.2 Å². The van der Waals surface area contributed by atoms with Crippen LogP contribution in [0.25, 0.3) is 0 Å². The van der Waals surface area contributed by atoms with E-state index in [4.69, 9.17) is 0 Å². The van der Waals surface area contributed by atoms with Crippen LogP contribution in [0.15, 0.2) is 42.9 Å². The van der Waals surface area contributed by atoms with Crippen LogP contribution >= 0.6 is 0 Å². The van der Waals surface area contributed by atoms with Crippen molar-refractivity contribution in [2.45, 2.75) is 25.4 Å². The molecule has 1 unspecified atom stereocenters. The molecule has 8 nitrogen and oxygen atoms in total. The summed E-state index contributed by atoms with van der Waals surface area (Å²) in [6.45, 7) is 1.56. The summed E-state index contributed by atoms with van der Waals surface area (Å²) < 4.78 is 0. The Morgan fingerprint density at radius 1 is 1.21 bits per heavy atom. The summed E-state index contributed by atoms with van der Waals surface area (Å²) in [5.74, 6) is -0.325. The predicted octanol–water partition coefficient (Wildman–Crippen LogP) is 0.392. The Bertz CT molecular complexity index is 902. The smallest absolute Gasteiger partial charge is 0.254 e. The van der Waals surface area contributed by atoms with E-state index in [0.29, 0.717) is 37.3 Å². The van der Waals surface area contributed by atoms with Crippen LogP contribution < -0.4 is 5.32 Å². The maximum atomic E-state index is 12.6. The summed E-state index contributed by atoms with van der Waals surface area (Å²) in [5, 5.41) is 2.95. The highest BCUT2D eigenvalue weighted by molar-refractivity contribution is 6.00. The van der Waals surface area contributed by atoms with Crippen LogP contribution in [-0.2, 0) is 22.6 Å². The van der Waals surface area contributed by atoms with E-state index in [-0.39, 0.29) is 36.7 Å². The lowest BCUT2D eigenvalue weighted by Crippen LogP contribution is -2.42. The van der Waals surface area contributed by atoms with Gasteiger partial charge >= 0.3 is 0 Å². The number of nitrogens with zero attached hydrogens (tertiary/aromatic N) is 4. The monoisotopic (exact) mass is 379 g/mol. The Hall–Kier alpha value is -3.29. The van der Waals surface area contributed by atoms with Crippen molar-refractivity contribution in [3.63, 3.8) is 0 Å². The highest BCUT2D eigenvalue weighted by Crippen LogP contribution is 2.22. The Morgan fingerprint density at radius 2 is 2.07 bits per heavy atom. The van der Waals surface area contributed by atoms with Gasteiger partial charge in [-0.15, -0.1) is 0 Å². The third-order valence-electron chi connectivity index (χ3n) is 5.09. The molecule has 1 atom stereocenters. The minimum absolute atomic E-state index is 0.0633. The summed E-state index contributed by atoms with van der Waals surface area (Å²) in [7, 11) is 0. The summed E-state index contributed by atoms with van der Waals surface area (Å²) in [5.41, 5.74) is 2.24. The molecule has 1 aromatic heterocycles. The minimum atomic E-state index is -0.134. The zero-order valence-electron chi connectivity index (χ0n) is 15.4. The van der Waals surface area contributed by atoms with Gasteiger partial charge in [0.25, 0.3) is 5.91 Å². The van der Waals surface area contributed by atoms with Gasteiger partial charge < -0.3 is 15.1 Å². The number of hydrogen-bond donors (Lipinski definition) is 1. The molecular formula is C20H21N5O3. The molecule has 1 saturated heterocycles. The molecular weight excluding hydrogens is 358 g/mol. The molecule has 2 aromatic rings. The third-order valence-corrected chi connectivity index (χ3v) is 5.09. The van der Waals surface area contributed by atoms with Gasteiger partial charge in [-0.05, 0) is 18.1 Å². The van der Waals surface area contributed by atoms with Crippen molar-refractivity contribution < 1.29 is 14.4 Å². The number of rotatable bonds is 5. The lowest BCUT2D eigenvalue weighted by molar-refractivity contribution is -0.131. The lowest BCUT2D eigenvalue weighted by Gasteiger charge is -2.21. The highest BCUT2D eigenvalue weighted by atomic mass is 16.2. The molecule has 0 bridgehead atoms. The molecule has 3 amide bonds. The Kier molecular flexibility index (Phi) is 5.01.